The molecule has 2 heterocycles. The summed E-state index contributed by atoms with van der Waals surface area (Å²) in [6, 6.07) is 2.06. The highest BCUT2D eigenvalue weighted by atomic mass is 35.5. The van der Waals surface area contributed by atoms with E-state index in [0.29, 0.717) is 17.5 Å². The van der Waals surface area contributed by atoms with Gasteiger partial charge < -0.3 is 5.32 Å². The third-order valence-corrected chi connectivity index (χ3v) is 4.15. The van der Waals surface area contributed by atoms with Gasteiger partial charge >= 0.3 is 0 Å². The molecule has 0 aliphatic heterocycles. The van der Waals surface area contributed by atoms with Crippen LogP contribution in [0.4, 0.5) is 0 Å². The van der Waals surface area contributed by atoms with Crippen molar-refractivity contribution >= 4 is 38.7 Å². The van der Waals surface area contributed by atoms with Crippen LogP contribution in [0, 0.1) is 0 Å². The number of rotatable bonds is 6. The lowest BCUT2D eigenvalue weighted by Crippen LogP contribution is -2.16. The predicted octanol–water partition coefficient (Wildman–Crippen LogP) is 3.70. The van der Waals surface area contributed by atoms with Gasteiger partial charge in [-0.15, -0.1) is 17.9 Å². The van der Waals surface area contributed by atoms with Crippen molar-refractivity contribution in [2.45, 2.75) is 13.3 Å². The maximum absolute atomic E-state index is 6.22. The number of aryl methyl sites for hydroxylation is 1. The van der Waals surface area contributed by atoms with Crippen LogP contribution in [-0.4, -0.2) is 23.1 Å². The van der Waals surface area contributed by atoms with Gasteiger partial charge in [0.25, 0.3) is 0 Å². The fourth-order valence-electron chi connectivity index (χ4n) is 1.67. The number of hydrogen-bond acceptors (Lipinski definition) is 4. The first-order chi connectivity index (χ1) is 9.15. The zero-order valence-electron chi connectivity index (χ0n) is 10.9. The van der Waals surface area contributed by atoms with Crippen LogP contribution >= 0.6 is 22.9 Å². The molecule has 19 heavy (non-hydrogen) atoms. The Labute approximate surface area is 122 Å². The van der Waals surface area contributed by atoms with Crippen molar-refractivity contribution in [2.75, 3.05) is 13.1 Å². The normalized spacial score (nSPS) is 10.8. The van der Waals surface area contributed by atoms with Crippen molar-refractivity contribution < 1.29 is 0 Å². The molecule has 0 aliphatic carbocycles. The van der Waals surface area contributed by atoms with Crippen molar-refractivity contribution in [2.24, 2.45) is 0 Å². The number of hydrogen-bond donors (Lipinski definition) is 1. The van der Waals surface area contributed by atoms with Crippen LogP contribution in [0.25, 0.3) is 15.8 Å². The molecule has 3 nitrogen and oxygen atoms in total. The lowest BCUT2D eigenvalue weighted by Gasteiger charge is -2.05. The fraction of sp³-hybridized carbons (Fsp3) is 0.286. The molecule has 0 fully saturated rings. The summed E-state index contributed by atoms with van der Waals surface area (Å²) in [6.45, 7) is 11.1. The smallest absolute Gasteiger partial charge is 0.159 e. The third kappa shape index (κ3) is 3.21. The maximum atomic E-state index is 6.22. The van der Waals surface area contributed by atoms with Crippen molar-refractivity contribution in [1.82, 2.24) is 15.3 Å². The van der Waals surface area contributed by atoms with Gasteiger partial charge in [-0.2, -0.15) is 0 Å². The third-order valence-electron chi connectivity index (χ3n) is 2.69. The Morgan fingerprint density at radius 1 is 1.53 bits per heavy atom. The Balaban J connectivity index is 2.29. The van der Waals surface area contributed by atoms with Gasteiger partial charge in [0.15, 0.2) is 5.82 Å². The minimum atomic E-state index is 0.501. The zero-order valence-corrected chi connectivity index (χ0v) is 12.4. The number of nitrogens with one attached hydrogen (secondary N) is 1. The van der Waals surface area contributed by atoms with E-state index in [0.717, 1.165) is 28.8 Å². The van der Waals surface area contributed by atoms with E-state index in [9.17, 15) is 0 Å². The second kappa shape index (κ2) is 6.28. The summed E-state index contributed by atoms with van der Waals surface area (Å²) in [5.41, 5.74) is 0.831. The van der Waals surface area contributed by atoms with Crippen molar-refractivity contribution in [3.8, 4) is 0 Å². The Morgan fingerprint density at radius 3 is 3.00 bits per heavy atom. The first-order valence-electron chi connectivity index (χ1n) is 6.11. The minimum Gasteiger partial charge on any atom is -0.309 e. The molecule has 0 aromatic carbocycles. The van der Waals surface area contributed by atoms with Crippen LogP contribution in [0.2, 0.25) is 5.15 Å². The monoisotopic (exact) mass is 293 g/mol. The molecular weight excluding hydrogens is 278 g/mol. The molecule has 0 aliphatic rings. The van der Waals surface area contributed by atoms with Gasteiger partial charge in [-0.05, 0) is 12.5 Å². The SMILES string of the molecule is C=CCNCC(=C)c1nc(Cl)c2cc(CC)sc2n1. The lowest BCUT2D eigenvalue weighted by molar-refractivity contribution is 0.848. The largest absolute Gasteiger partial charge is 0.309 e. The van der Waals surface area contributed by atoms with E-state index in [-0.39, 0.29) is 0 Å². The molecule has 0 bridgehead atoms. The molecule has 2 rings (SSSR count). The highest BCUT2D eigenvalue weighted by Crippen LogP contribution is 2.29. The minimum absolute atomic E-state index is 0.501. The van der Waals surface area contributed by atoms with Gasteiger partial charge in [-0.25, -0.2) is 9.97 Å². The van der Waals surface area contributed by atoms with Crippen LogP contribution in [0.5, 0.6) is 0 Å². The van der Waals surface area contributed by atoms with Crippen LogP contribution < -0.4 is 5.32 Å². The van der Waals surface area contributed by atoms with Crippen molar-refractivity contribution in [1.29, 1.82) is 0 Å². The second-order valence-corrected chi connectivity index (χ2v) is 5.62. The fourth-order valence-corrected chi connectivity index (χ4v) is 2.92. The number of aromatic nitrogens is 2. The van der Waals surface area contributed by atoms with E-state index in [1.807, 2.05) is 0 Å². The Kier molecular flexibility index (Phi) is 4.69. The molecule has 0 saturated carbocycles. The topological polar surface area (TPSA) is 37.8 Å². The average Bonchev–Trinajstić information content (AvgIpc) is 2.82. The molecule has 100 valence electrons. The molecule has 0 spiro atoms. The molecule has 0 atom stereocenters. The van der Waals surface area contributed by atoms with Gasteiger partial charge in [0.2, 0.25) is 0 Å². The van der Waals surface area contributed by atoms with Crippen LogP contribution in [0.1, 0.15) is 17.6 Å². The van der Waals surface area contributed by atoms with E-state index >= 15 is 0 Å². The number of nitrogens with zero attached hydrogens (tertiary/aromatic N) is 2. The Bertz CT molecular complexity index is 618. The molecular formula is C14H16ClN3S. The van der Waals surface area contributed by atoms with Gasteiger partial charge in [-0.1, -0.05) is 31.2 Å². The van der Waals surface area contributed by atoms with Crippen molar-refractivity contribution in [3.05, 3.63) is 41.2 Å². The summed E-state index contributed by atoms with van der Waals surface area (Å²) in [7, 11) is 0. The first kappa shape index (κ1) is 14.2. The summed E-state index contributed by atoms with van der Waals surface area (Å²) in [6.07, 6.45) is 2.78. The number of thiophene rings is 1. The molecule has 0 amide bonds. The zero-order chi connectivity index (χ0) is 13.8. The Morgan fingerprint density at radius 2 is 2.32 bits per heavy atom. The van der Waals surface area contributed by atoms with E-state index < -0.39 is 0 Å². The standard InChI is InChI=1S/C14H16ClN3S/c1-4-6-16-8-9(3)13-17-12(15)11-7-10(5-2)19-14(11)18-13/h4,7,16H,1,3,5-6,8H2,2H3. The highest BCUT2D eigenvalue weighted by Gasteiger charge is 2.11. The summed E-state index contributed by atoms with van der Waals surface area (Å²) < 4.78 is 0. The summed E-state index contributed by atoms with van der Waals surface area (Å²) in [5.74, 6) is 0.610. The van der Waals surface area contributed by atoms with Gasteiger partial charge in [0.1, 0.15) is 9.98 Å². The summed E-state index contributed by atoms with van der Waals surface area (Å²) in [4.78, 5) is 11.1. The highest BCUT2D eigenvalue weighted by molar-refractivity contribution is 7.18. The second-order valence-electron chi connectivity index (χ2n) is 4.15. The van der Waals surface area contributed by atoms with Gasteiger partial charge in [0.05, 0.1) is 0 Å². The summed E-state index contributed by atoms with van der Waals surface area (Å²) in [5, 5.41) is 4.61. The average molecular weight is 294 g/mol. The molecule has 2 aromatic rings. The van der Waals surface area contributed by atoms with Crippen LogP contribution in [-0.2, 0) is 6.42 Å². The molecule has 0 radical (unpaired) electrons. The van der Waals surface area contributed by atoms with E-state index in [1.165, 1.54) is 4.88 Å². The van der Waals surface area contributed by atoms with E-state index in [4.69, 9.17) is 11.6 Å². The van der Waals surface area contributed by atoms with E-state index in [1.54, 1.807) is 17.4 Å². The quantitative estimate of drug-likeness (QED) is 0.501. The Hall–Kier alpha value is -1.23. The van der Waals surface area contributed by atoms with Crippen LogP contribution in [0.15, 0.2) is 25.3 Å². The molecule has 5 heteroatoms. The van der Waals surface area contributed by atoms with Gasteiger partial charge in [-0.3, -0.25) is 0 Å². The van der Waals surface area contributed by atoms with Crippen molar-refractivity contribution in [3.63, 3.8) is 0 Å². The molecule has 1 N–H and O–H groups in total. The number of fused-ring (bicyclic) bond motifs is 1. The first-order valence-corrected chi connectivity index (χ1v) is 7.30. The molecule has 0 saturated heterocycles. The van der Waals surface area contributed by atoms with Crippen LogP contribution in [0.3, 0.4) is 0 Å². The van der Waals surface area contributed by atoms with Gasteiger partial charge in [0, 0.05) is 28.9 Å². The number of halogens is 1. The molecule has 0 unspecified atom stereocenters. The lowest BCUT2D eigenvalue weighted by atomic mass is 10.2. The summed E-state index contributed by atoms with van der Waals surface area (Å²) >= 11 is 7.87. The van der Waals surface area contributed by atoms with E-state index in [2.05, 4.69) is 41.4 Å². The maximum Gasteiger partial charge on any atom is 0.159 e. The molecule has 2 aromatic heterocycles. The predicted molar refractivity (Wildman–Crippen MR) is 83.9 cm³/mol.